The molecule has 5 heteroatoms. The fourth-order valence-electron chi connectivity index (χ4n) is 2.63. The Morgan fingerprint density at radius 1 is 1.14 bits per heavy atom. The summed E-state index contributed by atoms with van der Waals surface area (Å²) in [4.78, 5) is 28.2. The molecular formula is C17H25N3O2. The summed E-state index contributed by atoms with van der Waals surface area (Å²) in [6.07, 6.45) is -0.0575. The summed E-state index contributed by atoms with van der Waals surface area (Å²) in [5.74, 6) is -0.274. The van der Waals surface area contributed by atoms with Crippen LogP contribution in [0.4, 0.5) is 0 Å². The maximum absolute atomic E-state index is 12.1. The number of piperazine rings is 1. The largest absolute Gasteiger partial charge is 0.352 e. The van der Waals surface area contributed by atoms with Crippen molar-refractivity contribution in [3.63, 3.8) is 0 Å². The minimum absolute atomic E-state index is 0.0575. The van der Waals surface area contributed by atoms with Crippen LogP contribution in [0.15, 0.2) is 24.3 Å². The SMILES string of the molecule is CCN1CCN(C(=O)CC(=O)NCc2ccccc2C)CC1. The number of amides is 2. The minimum Gasteiger partial charge on any atom is -0.352 e. The molecule has 0 aromatic heterocycles. The van der Waals surface area contributed by atoms with Gasteiger partial charge in [0, 0.05) is 32.7 Å². The van der Waals surface area contributed by atoms with Crippen LogP contribution < -0.4 is 5.32 Å². The van der Waals surface area contributed by atoms with Crippen LogP contribution in [-0.4, -0.2) is 54.3 Å². The maximum Gasteiger partial charge on any atom is 0.232 e. The van der Waals surface area contributed by atoms with Gasteiger partial charge in [0.2, 0.25) is 11.8 Å². The first-order chi connectivity index (χ1) is 10.6. The van der Waals surface area contributed by atoms with E-state index in [9.17, 15) is 9.59 Å². The molecule has 0 bridgehead atoms. The lowest BCUT2D eigenvalue weighted by molar-refractivity contribution is -0.137. The normalized spacial score (nSPS) is 15.6. The van der Waals surface area contributed by atoms with Crippen LogP contribution in [0.2, 0.25) is 0 Å². The van der Waals surface area contributed by atoms with Crippen molar-refractivity contribution < 1.29 is 9.59 Å². The number of aryl methyl sites for hydroxylation is 1. The first-order valence-corrected chi connectivity index (χ1v) is 7.91. The van der Waals surface area contributed by atoms with Crippen molar-refractivity contribution in [2.45, 2.75) is 26.8 Å². The van der Waals surface area contributed by atoms with Gasteiger partial charge in [0.1, 0.15) is 6.42 Å². The molecule has 0 saturated carbocycles. The Morgan fingerprint density at radius 3 is 2.45 bits per heavy atom. The van der Waals surface area contributed by atoms with E-state index in [4.69, 9.17) is 0 Å². The molecule has 2 rings (SSSR count). The number of nitrogens with zero attached hydrogens (tertiary/aromatic N) is 2. The predicted octanol–water partition coefficient (Wildman–Crippen LogP) is 1.17. The first-order valence-electron chi connectivity index (χ1n) is 7.91. The molecule has 1 fully saturated rings. The van der Waals surface area contributed by atoms with Crippen molar-refractivity contribution in [2.24, 2.45) is 0 Å². The van der Waals surface area contributed by atoms with Crippen LogP contribution in [-0.2, 0) is 16.1 Å². The second-order valence-corrected chi connectivity index (χ2v) is 5.70. The van der Waals surface area contributed by atoms with E-state index in [-0.39, 0.29) is 18.2 Å². The van der Waals surface area contributed by atoms with Gasteiger partial charge in [-0.3, -0.25) is 9.59 Å². The summed E-state index contributed by atoms with van der Waals surface area (Å²) in [6.45, 7) is 8.85. The highest BCUT2D eigenvalue weighted by molar-refractivity contribution is 5.96. The average Bonchev–Trinajstić information content (AvgIpc) is 2.54. The lowest BCUT2D eigenvalue weighted by Crippen LogP contribution is -2.49. The molecule has 0 aliphatic carbocycles. The molecule has 1 aliphatic rings. The van der Waals surface area contributed by atoms with Crippen LogP contribution in [0.1, 0.15) is 24.5 Å². The standard InChI is InChI=1S/C17H25N3O2/c1-3-19-8-10-20(11-9-19)17(22)12-16(21)18-13-15-7-5-4-6-14(15)2/h4-7H,3,8-13H2,1-2H3,(H,18,21). The molecular weight excluding hydrogens is 278 g/mol. The Kier molecular flexibility index (Phi) is 5.95. The van der Waals surface area contributed by atoms with Gasteiger partial charge in [-0.25, -0.2) is 0 Å². The zero-order valence-electron chi connectivity index (χ0n) is 13.5. The van der Waals surface area contributed by atoms with Crippen LogP contribution in [0, 0.1) is 6.92 Å². The second-order valence-electron chi connectivity index (χ2n) is 5.70. The smallest absolute Gasteiger partial charge is 0.232 e. The minimum atomic E-state index is -0.203. The molecule has 1 saturated heterocycles. The van der Waals surface area contributed by atoms with Crippen molar-refractivity contribution >= 4 is 11.8 Å². The van der Waals surface area contributed by atoms with E-state index >= 15 is 0 Å². The molecule has 1 aliphatic heterocycles. The highest BCUT2D eigenvalue weighted by Crippen LogP contribution is 2.07. The molecule has 1 N–H and O–H groups in total. The zero-order chi connectivity index (χ0) is 15.9. The number of benzene rings is 1. The van der Waals surface area contributed by atoms with Gasteiger partial charge >= 0.3 is 0 Å². The third-order valence-electron chi connectivity index (χ3n) is 4.22. The van der Waals surface area contributed by atoms with Crippen molar-refractivity contribution in [1.82, 2.24) is 15.1 Å². The summed E-state index contributed by atoms with van der Waals surface area (Å²) in [7, 11) is 0. The van der Waals surface area contributed by atoms with Crippen LogP contribution in [0.25, 0.3) is 0 Å². The number of likely N-dealkylation sites (N-methyl/N-ethyl adjacent to an activating group) is 1. The van der Waals surface area contributed by atoms with Gasteiger partial charge in [-0.05, 0) is 24.6 Å². The Morgan fingerprint density at radius 2 is 1.82 bits per heavy atom. The van der Waals surface area contributed by atoms with Gasteiger partial charge in [0.25, 0.3) is 0 Å². The lowest BCUT2D eigenvalue weighted by atomic mass is 10.1. The van der Waals surface area contributed by atoms with E-state index < -0.39 is 0 Å². The van der Waals surface area contributed by atoms with Gasteiger partial charge in [0.15, 0.2) is 0 Å². The van der Waals surface area contributed by atoms with E-state index in [1.807, 2.05) is 31.2 Å². The molecule has 0 radical (unpaired) electrons. The molecule has 22 heavy (non-hydrogen) atoms. The van der Waals surface area contributed by atoms with E-state index in [2.05, 4.69) is 17.1 Å². The van der Waals surface area contributed by atoms with E-state index in [1.54, 1.807) is 4.90 Å². The molecule has 1 aromatic carbocycles. The van der Waals surface area contributed by atoms with Crippen LogP contribution >= 0.6 is 0 Å². The number of carbonyl (C=O) groups is 2. The van der Waals surface area contributed by atoms with Crippen molar-refractivity contribution in [1.29, 1.82) is 0 Å². The maximum atomic E-state index is 12.1. The average molecular weight is 303 g/mol. The molecule has 1 heterocycles. The fraction of sp³-hybridized carbons (Fsp3) is 0.529. The number of hydrogen-bond acceptors (Lipinski definition) is 3. The molecule has 0 spiro atoms. The summed E-state index contributed by atoms with van der Waals surface area (Å²) < 4.78 is 0. The van der Waals surface area contributed by atoms with Gasteiger partial charge in [0.05, 0.1) is 0 Å². The Bertz CT molecular complexity index is 522. The summed E-state index contributed by atoms with van der Waals surface area (Å²) >= 11 is 0. The summed E-state index contributed by atoms with van der Waals surface area (Å²) in [5, 5.41) is 2.83. The quantitative estimate of drug-likeness (QED) is 0.831. The molecule has 120 valence electrons. The van der Waals surface area contributed by atoms with Crippen LogP contribution in [0.5, 0.6) is 0 Å². The zero-order valence-corrected chi connectivity index (χ0v) is 13.5. The van der Waals surface area contributed by atoms with Crippen molar-refractivity contribution in [3.8, 4) is 0 Å². The number of rotatable bonds is 5. The molecule has 1 aromatic rings. The lowest BCUT2D eigenvalue weighted by Gasteiger charge is -2.34. The number of carbonyl (C=O) groups excluding carboxylic acids is 2. The van der Waals surface area contributed by atoms with Gasteiger partial charge in [-0.1, -0.05) is 31.2 Å². The number of nitrogens with one attached hydrogen (secondary N) is 1. The Hall–Kier alpha value is -1.88. The topological polar surface area (TPSA) is 52.7 Å². The van der Waals surface area contributed by atoms with Crippen molar-refractivity contribution in [3.05, 3.63) is 35.4 Å². The molecule has 0 atom stereocenters. The molecule has 0 unspecified atom stereocenters. The van der Waals surface area contributed by atoms with E-state index in [0.29, 0.717) is 6.54 Å². The molecule has 2 amide bonds. The van der Waals surface area contributed by atoms with Gasteiger partial charge in [-0.2, -0.15) is 0 Å². The third kappa shape index (κ3) is 4.56. The monoisotopic (exact) mass is 303 g/mol. The van der Waals surface area contributed by atoms with Gasteiger partial charge < -0.3 is 15.1 Å². The summed E-state index contributed by atoms with van der Waals surface area (Å²) in [6, 6.07) is 7.92. The highest BCUT2D eigenvalue weighted by Gasteiger charge is 2.21. The Balaban J connectivity index is 1.75. The van der Waals surface area contributed by atoms with E-state index in [1.165, 1.54) is 0 Å². The van der Waals surface area contributed by atoms with Crippen LogP contribution in [0.3, 0.4) is 0 Å². The molecule has 5 nitrogen and oxygen atoms in total. The first kappa shape index (κ1) is 16.5. The highest BCUT2D eigenvalue weighted by atomic mass is 16.2. The third-order valence-corrected chi connectivity index (χ3v) is 4.22. The predicted molar refractivity (Wildman–Crippen MR) is 86.3 cm³/mol. The van der Waals surface area contributed by atoms with E-state index in [0.717, 1.165) is 43.9 Å². The second kappa shape index (κ2) is 7.94. The number of hydrogen-bond donors (Lipinski definition) is 1. The van der Waals surface area contributed by atoms with Gasteiger partial charge in [-0.15, -0.1) is 0 Å². The summed E-state index contributed by atoms with van der Waals surface area (Å²) in [5.41, 5.74) is 2.23. The van der Waals surface area contributed by atoms with Crippen molar-refractivity contribution in [2.75, 3.05) is 32.7 Å². The fourth-order valence-corrected chi connectivity index (χ4v) is 2.63. The Labute approximate surface area is 132 Å².